The van der Waals surface area contributed by atoms with Gasteiger partial charge in [0.15, 0.2) is 0 Å². The van der Waals surface area contributed by atoms with E-state index in [1.165, 1.54) is 11.8 Å². The molecular formula is C7H9N5OS. The fourth-order valence-corrected chi connectivity index (χ4v) is 1.69. The minimum absolute atomic E-state index is 0.690. The lowest BCUT2D eigenvalue weighted by atomic mass is 10.4. The first kappa shape index (κ1) is 9.20. The Labute approximate surface area is 84.7 Å². The van der Waals surface area contributed by atoms with Crippen LogP contribution in [0, 0.1) is 6.92 Å². The summed E-state index contributed by atoms with van der Waals surface area (Å²) in [5.41, 5.74) is 0.886. The Hall–Kier alpha value is -1.37. The van der Waals surface area contributed by atoms with Gasteiger partial charge in [0.1, 0.15) is 5.76 Å². The van der Waals surface area contributed by atoms with Crippen LogP contribution in [0.2, 0.25) is 0 Å². The Bertz CT molecular complexity index is 423. The Morgan fingerprint density at radius 1 is 1.57 bits per heavy atom. The van der Waals surface area contributed by atoms with Gasteiger partial charge in [-0.2, -0.15) is 0 Å². The van der Waals surface area contributed by atoms with E-state index in [0.29, 0.717) is 5.75 Å². The molecule has 0 aliphatic rings. The van der Waals surface area contributed by atoms with Gasteiger partial charge in [0, 0.05) is 13.1 Å². The van der Waals surface area contributed by atoms with Crippen LogP contribution in [0.25, 0.3) is 0 Å². The number of aromatic nitrogens is 5. The fourth-order valence-electron chi connectivity index (χ4n) is 0.964. The van der Waals surface area contributed by atoms with Crippen molar-refractivity contribution < 1.29 is 4.52 Å². The van der Waals surface area contributed by atoms with E-state index in [4.69, 9.17) is 4.52 Å². The third kappa shape index (κ3) is 1.92. The standard InChI is InChI=1S/C7H9N5OS/c1-5-3-6(13-9-5)4-14-7-8-10-11-12(7)2/h3H,4H2,1-2H3. The number of hydrogen-bond donors (Lipinski definition) is 0. The molecule has 0 spiro atoms. The zero-order valence-corrected chi connectivity index (χ0v) is 8.65. The van der Waals surface area contributed by atoms with Gasteiger partial charge in [0.25, 0.3) is 0 Å². The Kier molecular flexibility index (Phi) is 2.49. The molecule has 0 amide bonds. The number of tetrazole rings is 1. The third-order valence-corrected chi connectivity index (χ3v) is 2.63. The van der Waals surface area contributed by atoms with Crippen LogP contribution < -0.4 is 0 Å². The van der Waals surface area contributed by atoms with Crippen LogP contribution in [-0.4, -0.2) is 25.4 Å². The predicted molar refractivity (Wildman–Crippen MR) is 49.6 cm³/mol. The first-order chi connectivity index (χ1) is 6.75. The lowest BCUT2D eigenvalue weighted by molar-refractivity contribution is 0.391. The number of rotatable bonds is 3. The Balaban J connectivity index is 1.98. The highest BCUT2D eigenvalue weighted by molar-refractivity contribution is 7.98. The predicted octanol–water partition coefficient (Wildman–Crippen LogP) is 0.799. The molecule has 0 radical (unpaired) electrons. The number of hydrogen-bond acceptors (Lipinski definition) is 6. The maximum absolute atomic E-state index is 5.05. The van der Waals surface area contributed by atoms with Crippen LogP contribution in [0.4, 0.5) is 0 Å². The second-order valence-electron chi connectivity index (χ2n) is 2.81. The lowest BCUT2D eigenvalue weighted by Gasteiger charge is -1.94. The van der Waals surface area contributed by atoms with Crippen molar-refractivity contribution in [2.75, 3.05) is 0 Å². The molecule has 2 rings (SSSR count). The molecule has 0 aromatic carbocycles. The van der Waals surface area contributed by atoms with Crippen molar-refractivity contribution in [2.24, 2.45) is 7.05 Å². The molecule has 7 heteroatoms. The molecule has 2 aromatic rings. The molecule has 0 aliphatic carbocycles. The van der Waals surface area contributed by atoms with E-state index in [0.717, 1.165) is 16.6 Å². The van der Waals surface area contributed by atoms with Crippen LogP contribution in [0.15, 0.2) is 15.7 Å². The highest BCUT2D eigenvalue weighted by atomic mass is 32.2. The molecule has 0 unspecified atom stereocenters. The molecule has 0 atom stereocenters. The van der Waals surface area contributed by atoms with Gasteiger partial charge in [-0.1, -0.05) is 16.9 Å². The zero-order chi connectivity index (χ0) is 9.97. The summed E-state index contributed by atoms with van der Waals surface area (Å²) in [5.74, 6) is 1.52. The second kappa shape index (κ2) is 3.79. The number of nitrogens with zero attached hydrogens (tertiary/aromatic N) is 5. The van der Waals surface area contributed by atoms with E-state index in [2.05, 4.69) is 20.7 Å². The Morgan fingerprint density at radius 3 is 3.00 bits per heavy atom. The van der Waals surface area contributed by atoms with E-state index in [-0.39, 0.29) is 0 Å². The molecule has 6 nitrogen and oxygen atoms in total. The van der Waals surface area contributed by atoms with E-state index in [9.17, 15) is 0 Å². The van der Waals surface area contributed by atoms with Gasteiger partial charge in [-0.25, -0.2) is 4.68 Å². The van der Waals surface area contributed by atoms with Gasteiger partial charge in [0.05, 0.1) is 11.4 Å². The smallest absolute Gasteiger partial charge is 0.209 e. The lowest BCUT2D eigenvalue weighted by Crippen LogP contribution is -1.92. The van der Waals surface area contributed by atoms with Crippen molar-refractivity contribution in [1.29, 1.82) is 0 Å². The van der Waals surface area contributed by atoms with Crippen molar-refractivity contribution in [3.63, 3.8) is 0 Å². The van der Waals surface area contributed by atoms with Crippen molar-refractivity contribution in [2.45, 2.75) is 17.8 Å². The van der Waals surface area contributed by atoms with Gasteiger partial charge in [-0.15, -0.1) is 5.10 Å². The molecule has 0 bridgehead atoms. The normalized spacial score (nSPS) is 10.7. The Morgan fingerprint density at radius 2 is 2.43 bits per heavy atom. The molecule has 0 N–H and O–H groups in total. The van der Waals surface area contributed by atoms with E-state index < -0.39 is 0 Å². The molecule has 0 fully saturated rings. The summed E-state index contributed by atoms with van der Waals surface area (Å²) < 4.78 is 6.67. The van der Waals surface area contributed by atoms with Crippen LogP contribution in [0.3, 0.4) is 0 Å². The van der Waals surface area contributed by atoms with Gasteiger partial charge < -0.3 is 4.52 Å². The minimum atomic E-state index is 0.690. The first-order valence-corrected chi connectivity index (χ1v) is 5.01. The summed E-state index contributed by atoms with van der Waals surface area (Å²) in [5, 5.41) is 15.7. The molecule has 0 aliphatic heterocycles. The second-order valence-corrected chi connectivity index (χ2v) is 3.75. The molecule has 2 heterocycles. The highest BCUT2D eigenvalue weighted by Gasteiger charge is 2.06. The molecule has 0 saturated carbocycles. The quantitative estimate of drug-likeness (QED) is 0.699. The minimum Gasteiger partial charge on any atom is -0.360 e. The monoisotopic (exact) mass is 211 g/mol. The summed E-state index contributed by atoms with van der Waals surface area (Å²) in [6, 6.07) is 1.90. The summed E-state index contributed by atoms with van der Waals surface area (Å²) in [4.78, 5) is 0. The molecule has 14 heavy (non-hydrogen) atoms. The SMILES string of the molecule is Cc1cc(CSc2nnnn2C)on1. The maximum atomic E-state index is 5.05. The van der Waals surface area contributed by atoms with E-state index in [1.807, 2.05) is 13.0 Å². The maximum Gasteiger partial charge on any atom is 0.209 e. The fraction of sp³-hybridized carbons (Fsp3) is 0.429. The topological polar surface area (TPSA) is 69.6 Å². The van der Waals surface area contributed by atoms with Crippen LogP contribution in [0.5, 0.6) is 0 Å². The summed E-state index contributed by atoms with van der Waals surface area (Å²) in [6.45, 7) is 1.89. The van der Waals surface area contributed by atoms with E-state index >= 15 is 0 Å². The molecule has 2 aromatic heterocycles. The third-order valence-electron chi connectivity index (χ3n) is 1.60. The van der Waals surface area contributed by atoms with Crippen molar-refractivity contribution in [3.8, 4) is 0 Å². The highest BCUT2D eigenvalue weighted by Crippen LogP contribution is 2.19. The average Bonchev–Trinajstić information content (AvgIpc) is 2.72. The summed E-state index contributed by atoms with van der Waals surface area (Å²) >= 11 is 1.51. The van der Waals surface area contributed by atoms with Gasteiger partial charge in [-0.05, 0) is 17.4 Å². The van der Waals surface area contributed by atoms with Crippen LogP contribution in [-0.2, 0) is 12.8 Å². The molecule has 74 valence electrons. The van der Waals surface area contributed by atoms with E-state index in [1.54, 1.807) is 11.7 Å². The first-order valence-electron chi connectivity index (χ1n) is 4.03. The largest absolute Gasteiger partial charge is 0.360 e. The van der Waals surface area contributed by atoms with Gasteiger partial charge in [0.2, 0.25) is 5.16 Å². The molecular weight excluding hydrogens is 202 g/mol. The summed E-state index contributed by atoms with van der Waals surface area (Å²) in [7, 11) is 1.80. The van der Waals surface area contributed by atoms with Gasteiger partial charge in [-0.3, -0.25) is 0 Å². The number of aryl methyl sites for hydroxylation is 2. The van der Waals surface area contributed by atoms with Crippen LogP contribution >= 0.6 is 11.8 Å². The van der Waals surface area contributed by atoms with Crippen LogP contribution in [0.1, 0.15) is 11.5 Å². The van der Waals surface area contributed by atoms with Crippen molar-refractivity contribution >= 4 is 11.8 Å². The van der Waals surface area contributed by atoms with Gasteiger partial charge >= 0.3 is 0 Å². The molecule has 0 saturated heterocycles. The number of thioether (sulfide) groups is 1. The van der Waals surface area contributed by atoms with Crippen molar-refractivity contribution in [1.82, 2.24) is 25.4 Å². The van der Waals surface area contributed by atoms with Crippen molar-refractivity contribution in [3.05, 3.63) is 17.5 Å². The average molecular weight is 211 g/mol. The summed E-state index contributed by atoms with van der Waals surface area (Å²) in [6.07, 6.45) is 0. The zero-order valence-electron chi connectivity index (χ0n) is 7.84.